The van der Waals surface area contributed by atoms with E-state index in [4.69, 9.17) is 23.2 Å². The van der Waals surface area contributed by atoms with Crippen LogP contribution in [0.4, 0.5) is 11.5 Å². The molecule has 7 heteroatoms. The SMILES string of the molecule is Clc1cccc(Cl)c1-c1cccc(Nc2ccc3nsnc3c2)n1. The fourth-order valence-electron chi connectivity index (χ4n) is 2.39. The highest BCUT2D eigenvalue weighted by Crippen LogP contribution is 2.34. The lowest BCUT2D eigenvalue weighted by Gasteiger charge is -2.10. The minimum absolute atomic E-state index is 0.571. The minimum Gasteiger partial charge on any atom is -0.340 e. The molecule has 0 radical (unpaired) electrons. The Morgan fingerprint density at radius 3 is 2.42 bits per heavy atom. The summed E-state index contributed by atoms with van der Waals surface area (Å²) in [6.45, 7) is 0. The second-order valence-corrected chi connectivity index (χ2v) is 6.44. The van der Waals surface area contributed by atoms with Crippen LogP contribution in [-0.4, -0.2) is 13.7 Å². The molecule has 118 valence electrons. The Labute approximate surface area is 152 Å². The van der Waals surface area contributed by atoms with E-state index in [1.807, 2.05) is 42.5 Å². The van der Waals surface area contributed by atoms with Crippen molar-refractivity contribution in [3.8, 4) is 11.3 Å². The van der Waals surface area contributed by atoms with Crippen molar-refractivity contribution in [1.82, 2.24) is 13.7 Å². The maximum Gasteiger partial charge on any atom is 0.131 e. The normalized spacial score (nSPS) is 10.9. The van der Waals surface area contributed by atoms with Crippen molar-refractivity contribution in [2.75, 3.05) is 5.32 Å². The molecule has 0 unspecified atom stereocenters. The van der Waals surface area contributed by atoms with Gasteiger partial charge in [-0.25, -0.2) is 4.98 Å². The maximum absolute atomic E-state index is 6.27. The third-order valence-electron chi connectivity index (χ3n) is 3.49. The first kappa shape index (κ1) is 15.3. The number of fused-ring (bicyclic) bond motifs is 1. The highest BCUT2D eigenvalue weighted by molar-refractivity contribution is 7.00. The number of pyridine rings is 1. The lowest BCUT2D eigenvalue weighted by atomic mass is 10.1. The van der Waals surface area contributed by atoms with Crippen molar-refractivity contribution in [2.24, 2.45) is 0 Å². The number of aromatic nitrogens is 3. The van der Waals surface area contributed by atoms with Crippen LogP contribution in [0, 0.1) is 0 Å². The van der Waals surface area contributed by atoms with Crippen LogP contribution in [0.1, 0.15) is 0 Å². The van der Waals surface area contributed by atoms with Crippen LogP contribution in [-0.2, 0) is 0 Å². The molecule has 0 spiro atoms. The van der Waals surface area contributed by atoms with E-state index in [-0.39, 0.29) is 0 Å². The number of benzene rings is 2. The van der Waals surface area contributed by atoms with Crippen LogP contribution in [0.3, 0.4) is 0 Å². The molecule has 0 saturated carbocycles. The van der Waals surface area contributed by atoms with Gasteiger partial charge in [0, 0.05) is 11.3 Å². The van der Waals surface area contributed by atoms with Crippen molar-refractivity contribution in [1.29, 1.82) is 0 Å². The Bertz CT molecular complexity index is 1010. The molecule has 2 aromatic carbocycles. The first-order valence-electron chi connectivity index (χ1n) is 7.11. The molecule has 0 aliphatic carbocycles. The van der Waals surface area contributed by atoms with Crippen molar-refractivity contribution in [3.05, 3.63) is 64.6 Å². The van der Waals surface area contributed by atoms with E-state index in [0.717, 1.165) is 22.3 Å². The first-order chi connectivity index (χ1) is 11.7. The van der Waals surface area contributed by atoms with Gasteiger partial charge in [-0.2, -0.15) is 8.75 Å². The molecule has 1 N–H and O–H groups in total. The smallest absolute Gasteiger partial charge is 0.131 e. The van der Waals surface area contributed by atoms with Crippen molar-refractivity contribution in [2.45, 2.75) is 0 Å². The van der Waals surface area contributed by atoms with Crippen LogP contribution in [0.5, 0.6) is 0 Å². The van der Waals surface area contributed by atoms with Crippen molar-refractivity contribution < 1.29 is 0 Å². The van der Waals surface area contributed by atoms with Gasteiger partial charge in [0.1, 0.15) is 16.9 Å². The summed E-state index contributed by atoms with van der Waals surface area (Å²) in [4.78, 5) is 4.61. The topological polar surface area (TPSA) is 50.7 Å². The summed E-state index contributed by atoms with van der Waals surface area (Å²) in [6, 6.07) is 16.9. The number of halogens is 2. The second kappa shape index (κ2) is 6.36. The average Bonchev–Trinajstić information content (AvgIpc) is 3.03. The molecule has 4 aromatic rings. The summed E-state index contributed by atoms with van der Waals surface area (Å²) < 4.78 is 8.44. The number of anilines is 2. The van der Waals surface area contributed by atoms with E-state index in [2.05, 4.69) is 19.0 Å². The lowest BCUT2D eigenvalue weighted by Crippen LogP contribution is -1.95. The van der Waals surface area contributed by atoms with Crippen LogP contribution < -0.4 is 5.32 Å². The maximum atomic E-state index is 6.27. The van der Waals surface area contributed by atoms with Crippen molar-refractivity contribution >= 4 is 57.5 Å². The fraction of sp³-hybridized carbons (Fsp3) is 0. The van der Waals surface area contributed by atoms with Gasteiger partial charge in [0.2, 0.25) is 0 Å². The Hall–Kier alpha value is -2.21. The molecule has 4 rings (SSSR count). The Balaban J connectivity index is 1.69. The van der Waals surface area contributed by atoms with Crippen LogP contribution >= 0.6 is 34.9 Å². The molecular weight excluding hydrogens is 363 g/mol. The monoisotopic (exact) mass is 372 g/mol. The molecule has 0 amide bonds. The summed E-state index contributed by atoms with van der Waals surface area (Å²) >= 11 is 13.7. The first-order valence-corrected chi connectivity index (χ1v) is 8.60. The highest BCUT2D eigenvalue weighted by atomic mass is 35.5. The van der Waals surface area contributed by atoms with Crippen molar-refractivity contribution in [3.63, 3.8) is 0 Å². The number of nitrogens with one attached hydrogen (secondary N) is 1. The number of hydrogen-bond acceptors (Lipinski definition) is 5. The fourth-order valence-corrected chi connectivity index (χ4v) is 3.50. The summed E-state index contributed by atoms with van der Waals surface area (Å²) in [5, 5.41) is 4.42. The van der Waals surface area contributed by atoms with Gasteiger partial charge < -0.3 is 5.32 Å². The number of nitrogens with zero attached hydrogens (tertiary/aromatic N) is 3. The van der Waals surface area contributed by atoms with Gasteiger partial charge >= 0.3 is 0 Å². The average molecular weight is 373 g/mol. The van der Waals surface area contributed by atoms with E-state index in [9.17, 15) is 0 Å². The molecule has 2 aromatic heterocycles. The van der Waals surface area contributed by atoms with Gasteiger partial charge in [0.05, 0.1) is 27.5 Å². The third kappa shape index (κ3) is 2.94. The van der Waals surface area contributed by atoms with E-state index in [1.54, 1.807) is 12.1 Å². The summed E-state index contributed by atoms with van der Waals surface area (Å²) in [5.74, 6) is 0.700. The van der Waals surface area contributed by atoms with Crippen LogP contribution in [0.2, 0.25) is 10.0 Å². The van der Waals surface area contributed by atoms with E-state index in [0.29, 0.717) is 21.6 Å². The zero-order valence-corrected chi connectivity index (χ0v) is 14.5. The highest BCUT2D eigenvalue weighted by Gasteiger charge is 2.10. The summed E-state index contributed by atoms with van der Waals surface area (Å²) in [6.07, 6.45) is 0. The molecule has 24 heavy (non-hydrogen) atoms. The number of hydrogen-bond donors (Lipinski definition) is 1. The van der Waals surface area contributed by atoms with Gasteiger partial charge in [-0.1, -0.05) is 35.3 Å². The minimum atomic E-state index is 0.571. The Kier molecular flexibility index (Phi) is 4.06. The molecule has 0 fully saturated rings. The zero-order chi connectivity index (χ0) is 16.5. The predicted molar refractivity (Wildman–Crippen MR) is 100 cm³/mol. The summed E-state index contributed by atoms with van der Waals surface area (Å²) in [5.41, 5.74) is 4.08. The molecule has 0 aliphatic rings. The van der Waals surface area contributed by atoms with Crippen LogP contribution in [0.25, 0.3) is 22.3 Å². The molecule has 4 nitrogen and oxygen atoms in total. The Morgan fingerprint density at radius 2 is 1.58 bits per heavy atom. The lowest BCUT2D eigenvalue weighted by molar-refractivity contribution is 1.31. The standard InChI is InChI=1S/C17H10Cl2N4S/c18-11-3-1-4-12(19)17(11)14-5-2-6-16(21-14)20-10-7-8-13-15(9-10)23-24-22-13/h1-9H,(H,20,21). The molecular formula is C17H10Cl2N4S. The van der Waals surface area contributed by atoms with E-state index in [1.165, 1.54) is 11.7 Å². The number of rotatable bonds is 3. The van der Waals surface area contributed by atoms with Gasteiger partial charge in [0.15, 0.2) is 0 Å². The molecule has 0 saturated heterocycles. The predicted octanol–water partition coefficient (Wildman–Crippen LogP) is 5.80. The second-order valence-electron chi connectivity index (χ2n) is 5.10. The zero-order valence-electron chi connectivity index (χ0n) is 12.2. The largest absolute Gasteiger partial charge is 0.340 e. The molecule has 2 heterocycles. The van der Waals surface area contributed by atoms with Gasteiger partial charge in [-0.3, -0.25) is 0 Å². The molecule has 0 atom stereocenters. The Morgan fingerprint density at radius 1 is 0.833 bits per heavy atom. The van der Waals surface area contributed by atoms with Gasteiger partial charge in [-0.15, -0.1) is 0 Å². The van der Waals surface area contributed by atoms with E-state index < -0.39 is 0 Å². The van der Waals surface area contributed by atoms with Crippen LogP contribution in [0.15, 0.2) is 54.6 Å². The van der Waals surface area contributed by atoms with Gasteiger partial charge in [-0.05, 0) is 42.5 Å². The van der Waals surface area contributed by atoms with Gasteiger partial charge in [0.25, 0.3) is 0 Å². The third-order valence-corrected chi connectivity index (χ3v) is 4.68. The quantitative estimate of drug-likeness (QED) is 0.493. The molecule has 0 aliphatic heterocycles. The molecule has 0 bridgehead atoms. The summed E-state index contributed by atoms with van der Waals surface area (Å²) in [7, 11) is 0. The van der Waals surface area contributed by atoms with E-state index >= 15 is 0 Å².